The smallest absolute Gasteiger partial charge is 0.314 e. The van der Waals surface area contributed by atoms with Crippen molar-refractivity contribution in [3.05, 3.63) is 0 Å². The minimum Gasteiger partial charge on any atom is -0.481 e. The van der Waals surface area contributed by atoms with Gasteiger partial charge in [-0.3, -0.25) is 4.79 Å². The van der Waals surface area contributed by atoms with Crippen LogP contribution in [0.5, 0.6) is 0 Å². The number of carboxylic acids is 1. The molecule has 0 spiro atoms. The lowest BCUT2D eigenvalue weighted by Gasteiger charge is -2.25. The molecule has 0 bridgehead atoms. The number of aliphatic carboxylic acids is 1. The normalized spacial score (nSPS) is 12.8. The van der Waals surface area contributed by atoms with Gasteiger partial charge in [0, 0.05) is 20.2 Å². The summed E-state index contributed by atoms with van der Waals surface area (Å²) in [6.07, 6.45) is -0.638. The quantitative estimate of drug-likeness (QED) is 0.602. The van der Waals surface area contributed by atoms with E-state index in [9.17, 15) is 9.59 Å². The lowest BCUT2D eigenvalue weighted by molar-refractivity contribution is -0.139. The molecule has 6 heteroatoms. The Morgan fingerprint density at radius 2 is 1.55 bits per heavy atom. The summed E-state index contributed by atoms with van der Waals surface area (Å²) in [4.78, 5) is 22.2. The Labute approximate surface area is 121 Å². The number of carbonyl (C=O) groups excluding carboxylic acids is 1. The van der Waals surface area contributed by atoms with Crippen LogP contribution in [0.3, 0.4) is 0 Å². The predicted molar refractivity (Wildman–Crippen MR) is 77.6 cm³/mol. The van der Waals surface area contributed by atoms with Crippen LogP contribution in [-0.4, -0.2) is 43.4 Å². The number of hydrogen-bond acceptors (Lipinski definition) is 3. The van der Waals surface area contributed by atoms with Gasteiger partial charge in [-0.2, -0.15) is 0 Å². The van der Waals surface area contributed by atoms with Crippen LogP contribution in [0.2, 0.25) is 0 Å². The summed E-state index contributed by atoms with van der Waals surface area (Å²) < 4.78 is 4.99. The van der Waals surface area contributed by atoms with Crippen molar-refractivity contribution < 1.29 is 19.4 Å². The van der Waals surface area contributed by atoms with E-state index in [-0.39, 0.29) is 19.0 Å². The van der Waals surface area contributed by atoms with Crippen molar-refractivity contribution in [3.63, 3.8) is 0 Å². The van der Waals surface area contributed by atoms with E-state index in [2.05, 4.69) is 38.3 Å². The van der Waals surface area contributed by atoms with Gasteiger partial charge in [0.15, 0.2) is 0 Å². The Bertz CT molecular complexity index is 298. The standard InChI is InChI=1S/C14H28N2O4/c1-9(2)12(10(3)4)8-16-14(19)15-7-11(20-5)6-13(17)18/h9-12H,6-8H2,1-5H3,(H,17,18)(H2,15,16,19). The molecule has 3 N–H and O–H groups in total. The molecule has 0 aliphatic rings. The number of amides is 2. The Morgan fingerprint density at radius 3 is 1.95 bits per heavy atom. The van der Waals surface area contributed by atoms with Gasteiger partial charge in [-0.15, -0.1) is 0 Å². The molecule has 0 saturated carbocycles. The third kappa shape index (κ3) is 7.99. The molecule has 0 saturated heterocycles. The van der Waals surface area contributed by atoms with Crippen LogP contribution >= 0.6 is 0 Å². The molecule has 1 unspecified atom stereocenters. The minimum absolute atomic E-state index is 0.128. The van der Waals surface area contributed by atoms with Crippen LogP contribution in [0.4, 0.5) is 4.79 Å². The third-order valence-corrected chi connectivity index (χ3v) is 3.44. The maximum absolute atomic E-state index is 11.7. The van der Waals surface area contributed by atoms with Crippen molar-refractivity contribution in [1.29, 1.82) is 0 Å². The van der Waals surface area contributed by atoms with Gasteiger partial charge in [-0.05, 0) is 17.8 Å². The summed E-state index contributed by atoms with van der Waals surface area (Å²) in [5.74, 6) is 0.458. The van der Waals surface area contributed by atoms with Crippen molar-refractivity contribution in [2.75, 3.05) is 20.2 Å². The first-order valence-corrected chi connectivity index (χ1v) is 7.04. The molecule has 0 rings (SSSR count). The Balaban J connectivity index is 4.07. The molecule has 0 radical (unpaired) electrons. The van der Waals surface area contributed by atoms with Crippen LogP contribution in [0.15, 0.2) is 0 Å². The molecule has 0 heterocycles. The second-order valence-corrected chi connectivity index (χ2v) is 5.70. The maximum Gasteiger partial charge on any atom is 0.314 e. The number of nitrogens with one attached hydrogen (secondary N) is 2. The van der Waals surface area contributed by atoms with Crippen molar-refractivity contribution in [3.8, 4) is 0 Å². The van der Waals surface area contributed by atoms with E-state index < -0.39 is 12.1 Å². The minimum atomic E-state index is -0.946. The van der Waals surface area contributed by atoms with Crippen LogP contribution in [0.1, 0.15) is 34.1 Å². The lowest BCUT2D eigenvalue weighted by Crippen LogP contribution is -2.43. The molecule has 1 atom stereocenters. The van der Waals surface area contributed by atoms with Gasteiger partial charge < -0.3 is 20.5 Å². The molecular weight excluding hydrogens is 260 g/mol. The van der Waals surface area contributed by atoms with Crippen LogP contribution in [0.25, 0.3) is 0 Å². The van der Waals surface area contributed by atoms with Crippen LogP contribution in [-0.2, 0) is 9.53 Å². The second-order valence-electron chi connectivity index (χ2n) is 5.70. The molecule has 0 aromatic rings. The SMILES string of the molecule is COC(CNC(=O)NCC(C(C)C)C(C)C)CC(=O)O. The average molecular weight is 288 g/mol. The number of rotatable bonds is 9. The summed E-state index contributed by atoms with van der Waals surface area (Å²) in [5, 5.41) is 14.1. The Morgan fingerprint density at radius 1 is 1.05 bits per heavy atom. The van der Waals surface area contributed by atoms with Gasteiger partial charge in [-0.25, -0.2) is 4.79 Å². The van der Waals surface area contributed by atoms with Gasteiger partial charge >= 0.3 is 12.0 Å². The highest BCUT2D eigenvalue weighted by atomic mass is 16.5. The highest BCUT2D eigenvalue weighted by molar-refractivity contribution is 5.74. The first-order valence-electron chi connectivity index (χ1n) is 7.04. The molecule has 20 heavy (non-hydrogen) atoms. The lowest BCUT2D eigenvalue weighted by atomic mass is 9.85. The van der Waals surface area contributed by atoms with Crippen molar-refractivity contribution in [2.24, 2.45) is 17.8 Å². The molecule has 0 aliphatic heterocycles. The van der Waals surface area contributed by atoms with E-state index in [0.717, 1.165) is 0 Å². The van der Waals surface area contributed by atoms with E-state index in [4.69, 9.17) is 9.84 Å². The summed E-state index contributed by atoms with van der Waals surface area (Å²) in [7, 11) is 1.43. The number of urea groups is 1. The second kappa shape index (κ2) is 9.58. The number of hydrogen-bond donors (Lipinski definition) is 3. The van der Waals surface area contributed by atoms with E-state index in [1.54, 1.807) is 0 Å². The summed E-state index contributed by atoms with van der Waals surface area (Å²) in [5.41, 5.74) is 0. The van der Waals surface area contributed by atoms with Gasteiger partial charge in [0.25, 0.3) is 0 Å². The molecule has 2 amide bonds. The van der Waals surface area contributed by atoms with E-state index in [1.165, 1.54) is 7.11 Å². The zero-order chi connectivity index (χ0) is 15.7. The van der Waals surface area contributed by atoms with E-state index >= 15 is 0 Å². The van der Waals surface area contributed by atoms with E-state index in [0.29, 0.717) is 24.3 Å². The summed E-state index contributed by atoms with van der Waals surface area (Å²) >= 11 is 0. The third-order valence-electron chi connectivity index (χ3n) is 3.44. The van der Waals surface area contributed by atoms with Crippen molar-refractivity contribution in [2.45, 2.75) is 40.2 Å². The molecule has 0 aromatic carbocycles. The Kier molecular flexibility index (Phi) is 8.96. The number of ether oxygens (including phenoxy) is 1. The molecular formula is C14H28N2O4. The zero-order valence-corrected chi connectivity index (χ0v) is 13.1. The fourth-order valence-electron chi connectivity index (χ4n) is 2.15. The fourth-order valence-corrected chi connectivity index (χ4v) is 2.15. The average Bonchev–Trinajstić information content (AvgIpc) is 2.33. The van der Waals surface area contributed by atoms with Gasteiger partial charge in [0.1, 0.15) is 0 Å². The maximum atomic E-state index is 11.7. The van der Waals surface area contributed by atoms with Gasteiger partial charge in [-0.1, -0.05) is 27.7 Å². The first-order chi connectivity index (χ1) is 9.27. The molecule has 118 valence electrons. The monoisotopic (exact) mass is 288 g/mol. The molecule has 0 fully saturated rings. The van der Waals surface area contributed by atoms with Crippen LogP contribution in [0, 0.1) is 17.8 Å². The summed E-state index contributed by atoms with van der Waals surface area (Å²) in [6.45, 7) is 9.34. The number of carboxylic acid groups (broad SMARTS) is 1. The highest BCUT2D eigenvalue weighted by Gasteiger charge is 2.18. The molecule has 0 aliphatic carbocycles. The van der Waals surface area contributed by atoms with Gasteiger partial charge in [0.2, 0.25) is 0 Å². The first kappa shape index (κ1) is 18.7. The number of methoxy groups -OCH3 is 1. The largest absolute Gasteiger partial charge is 0.481 e. The summed E-state index contributed by atoms with van der Waals surface area (Å²) in [6, 6.07) is -0.288. The van der Waals surface area contributed by atoms with E-state index in [1.807, 2.05) is 0 Å². The molecule has 0 aromatic heterocycles. The number of carbonyl (C=O) groups is 2. The molecule has 6 nitrogen and oxygen atoms in total. The van der Waals surface area contributed by atoms with Gasteiger partial charge in [0.05, 0.1) is 12.5 Å². The Hall–Kier alpha value is -1.30. The van der Waals surface area contributed by atoms with Crippen molar-refractivity contribution in [1.82, 2.24) is 10.6 Å². The van der Waals surface area contributed by atoms with Crippen LogP contribution < -0.4 is 10.6 Å². The topological polar surface area (TPSA) is 87.7 Å². The fraction of sp³-hybridized carbons (Fsp3) is 0.857. The zero-order valence-electron chi connectivity index (χ0n) is 13.1. The van der Waals surface area contributed by atoms with Crippen molar-refractivity contribution >= 4 is 12.0 Å². The predicted octanol–water partition coefficient (Wildman–Crippen LogP) is 1.70. The highest BCUT2D eigenvalue weighted by Crippen LogP contribution is 2.19.